The Morgan fingerprint density at radius 3 is 1.56 bits per heavy atom. The number of nitrogens with zero attached hydrogens (tertiary/aromatic N) is 1. The molecule has 1 aromatic heterocycles. The number of allylic oxidation sites excluding steroid dienone is 2. The van der Waals surface area contributed by atoms with E-state index in [1.54, 1.807) is 6.20 Å². The molecule has 0 aliphatic heterocycles. The quantitative estimate of drug-likeness (QED) is 0.178. The lowest BCUT2D eigenvalue weighted by Gasteiger charge is -2.20. The van der Waals surface area contributed by atoms with Crippen molar-refractivity contribution in [2.75, 3.05) is 0 Å². The van der Waals surface area contributed by atoms with Crippen LogP contribution in [0.2, 0.25) is 0 Å². The van der Waals surface area contributed by atoms with E-state index in [0.717, 1.165) is 16.8 Å². The van der Waals surface area contributed by atoms with Gasteiger partial charge in [0.05, 0.1) is 11.4 Å². The number of nitrogens with two attached hydrogens (primary N) is 2. The predicted octanol–water partition coefficient (Wildman–Crippen LogP) is 11.3. The van der Waals surface area contributed by atoms with Crippen LogP contribution in [0.15, 0.2) is 176 Å². The third-order valence-electron chi connectivity index (χ3n) is 9.85. The van der Waals surface area contributed by atoms with Gasteiger partial charge in [-0.3, -0.25) is 4.98 Å². The summed E-state index contributed by atoms with van der Waals surface area (Å²) in [6, 6.07) is 56.1. The van der Waals surface area contributed by atoms with Crippen LogP contribution in [0.25, 0.3) is 88.6 Å². The Bertz CT molecular complexity index is 2530. The lowest BCUT2D eigenvalue weighted by Crippen LogP contribution is -1.99. The second-order valence-corrected chi connectivity index (χ2v) is 12.7. The topological polar surface area (TPSA) is 64.9 Å². The molecule has 3 heteroatoms. The van der Waals surface area contributed by atoms with E-state index in [2.05, 4.69) is 145 Å². The van der Waals surface area contributed by atoms with Crippen LogP contribution in [0.1, 0.15) is 11.3 Å². The third-order valence-corrected chi connectivity index (χ3v) is 9.85. The van der Waals surface area contributed by atoms with E-state index in [-0.39, 0.29) is 0 Å². The van der Waals surface area contributed by atoms with Crippen LogP contribution in [0.5, 0.6) is 0 Å². The molecule has 0 atom stereocenters. The predicted molar refractivity (Wildman–Crippen MR) is 211 cm³/mol. The number of pyridine rings is 1. The van der Waals surface area contributed by atoms with Gasteiger partial charge in [-0.2, -0.15) is 0 Å². The Hall–Kier alpha value is -6.71. The summed E-state index contributed by atoms with van der Waals surface area (Å²) in [6.45, 7) is 0. The van der Waals surface area contributed by atoms with Gasteiger partial charge in [-0.05, 0) is 107 Å². The fourth-order valence-corrected chi connectivity index (χ4v) is 7.60. The van der Waals surface area contributed by atoms with E-state index in [1.807, 2.05) is 30.4 Å². The molecule has 4 N–H and O–H groups in total. The zero-order chi connectivity index (χ0) is 33.6. The molecule has 236 valence electrons. The highest BCUT2D eigenvalue weighted by molar-refractivity contribution is 6.28. The minimum atomic E-state index is 0.567. The van der Waals surface area contributed by atoms with E-state index in [1.165, 1.54) is 71.6 Å². The maximum absolute atomic E-state index is 6.50. The van der Waals surface area contributed by atoms with Gasteiger partial charge < -0.3 is 11.5 Å². The zero-order valence-corrected chi connectivity index (χ0v) is 27.3. The van der Waals surface area contributed by atoms with Gasteiger partial charge in [0.2, 0.25) is 0 Å². The number of benzene rings is 7. The van der Waals surface area contributed by atoms with Crippen molar-refractivity contribution in [3.63, 3.8) is 0 Å². The summed E-state index contributed by atoms with van der Waals surface area (Å²) in [5.74, 6) is 0. The molecular formula is C47H33N3. The van der Waals surface area contributed by atoms with Gasteiger partial charge in [0, 0.05) is 11.9 Å². The van der Waals surface area contributed by atoms with Crippen LogP contribution in [-0.4, -0.2) is 4.98 Å². The van der Waals surface area contributed by atoms with Gasteiger partial charge >= 0.3 is 0 Å². The Morgan fingerprint density at radius 2 is 0.940 bits per heavy atom. The number of aromatic nitrogens is 1. The Balaban J connectivity index is 1.22. The van der Waals surface area contributed by atoms with E-state index in [4.69, 9.17) is 11.5 Å². The molecule has 0 amide bonds. The summed E-state index contributed by atoms with van der Waals surface area (Å²) in [5, 5.41) is 5.06. The van der Waals surface area contributed by atoms with Gasteiger partial charge in [-0.1, -0.05) is 146 Å². The van der Waals surface area contributed by atoms with Crippen molar-refractivity contribution in [2.24, 2.45) is 11.5 Å². The first-order chi connectivity index (χ1) is 24.7. The number of rotatable bonds is 6. The van der Waals surface area contributed by atoms with Crippen molar-refractivity contribution < 1.29 is 0 Å². The zero-order valence-electron chi connectivity index (χ0n) is 27.3. The van der Waals surface area contributed by atoms with Gasteiger partial charge in [-0.15, -0.1) is 0 Å². The molecule has 7 aromatic carbocycles. The average molecular weight is 640 g/mol. The molecule has 1 aliphatic carbocycles. The smallest absolute Gasteiger partial charge is 0.0858 e. The second kappa shape index (κ2) is 12.1. The molecule has 8 aromatic rings. The van der Waals surface area contributed by atoms with Crippen molar-refractivity contribution in [1.29, 1.82) is 0 Å². The third kappa shape index (κ3) is 4.79. The van der Waals surface area contributed by atoms with Gasteiger partial charge in [-0.25, -0.2) is 0 Å². The van der Waals surface area contributed by atoms with Gasteiger partial charge in [0.1, 0.15) is 0 Å². The average Bonchev–Trinajstić information content (AvgIpc) is 3.52. The number of fused-ring (bicyclic) bond motifs is 4. The van der Waals surface area contributed by atoms with Crippen molar-refractivity contribution in [2.45, 2.75) is 0 Å². The van der Waals surface area contributed by atoms with Gasteiger partial charge in [0.15, 0.2) is 0 Å². The Kier molecular flexibility index (Phi) is 7.10. The molecule has 1 heterocycles. The molecule has 0 saturated heterocycles. The van der Waals surface area contributed by atoms with Crippen LogP contribution in [0, 0.1) is 0 Å². The molecule has 9 rings (SSSR count). The van der Waals surface area contributed by atoms with Crippen LogP contribution in [0.3, 0.4) is 0 Å². The summed E-state index contributed by atoms with van der Waals surface area (Å²) in [4.78, 5) is 4.32. The molecule has 50 heavy (non-hydrogen) atoms. The first-order valence-electron chi connectivity index (χ1n) is 16.9. The Morgan fingerprint density at radius 1 is 0.400 bits per heavy atom. The minimum absolute atomic E-state index is 0.567. The Labute approximate surface area is 291 Å². The molecule has 0 spiro atoms. The first kappa shape index (κ1) is 29.4. The highest BCUT2D eigenvalue weighted by Crippen LogP contribution is 2.58. The summed E-state index contributed by atoms with van der Waals surface area (Å²) in [5.41, 5.74) is 28.1. The molecule has 3 nitrogen and oxygen atoms in total. The maximum Gasteiger partial charge on any atom is 0.0858 e. The molecule has 0 radical (unpaired) electrons. The van der Waals surface area contributed by atoms with E-state index in [9.17, 15) is 0 Å². The minimum Gasteiger partial charge on any atom is -0.398 e. The lowest BCUT2D eigenvalue weighted by molar-refractivity contribution is 1.26. The van der Waals surface area contributed by atoms with Crippen LogP contribution >= 0.6 is 0 Å². The molecular weight excluding hydrogens is 607 g/mol. The first-order valence-corrected chi connectivity index (χ1v) is 16.9. The molecule has 0 saturated carbocycles. The standard InChI is InChI=1S/C47H33N3/c48-40(27-28-41(49)42-20-9-10-29-50-42)31-23-21-30(22-24-31)34-25-26-39-45-35(34)18-11-19-38(45)46-43(32-12-3-1-4-13-32)36-16-7-8-17-37(36)44(47(39)46)33-14-5-2-6-15-33/h1-29H,48-49H2/b40-27-,41-28-. The normalized spacial score (nSPS) is 12.4. The largest absolute Gasteiger partial charge is 0.398 e. The number of hydrogen-bond acceptors (Lipinski definition) is 3. The fourth-order valence-electron chi connectivity index (χ4n) is 7.60. The second-order valence-electron chi connectivity index (χ2n) is 12.7. The van der Waals surface area contributed by atoms with Crippen LogP contribution < -0.4 is 11.5 Å². The summed E-state index contributed by atoms with van der Waals surface area (Å²) in [7, 11) is 0. The van der Waals surface area contributed by atoms with Crippen molar-refractivity contribution in [3.05, 3.63) is 187 Å². The SMILES string of the molecule is N/C(=C\C=C(/N)c1ccccn1)c1ccc(-c2ccc3c4c(cccc24)-c2c-3c(-c3ccccc3)c3ccccc3c2-c2ccccc2)cc1. The summed E-state index contributed by atoms with van der Waals surface area (Å²) in [6.07, 6.45) is 5.38. The highest BCUT2D eigenvalue weighted by Gasteiger charge is 2.31. The molecule has 1 aliphatic rings. The van der Waals surface area contributed by atoms with E-state index in [0.29, 0.717) is 11.4 Å². The van der Waals surface area contributed by atoms with Crippen molar-refractivity contribution in [1.82, 2.24) is 4.98 Å². The van der Waals surface area contributed by atoms with Crippen LogP contribution in [0.4, 0.5) is 0 Å². The fraction of sp³-hybridized carbons (Fsp3) is 0. The number of hydrogen-bond donors (Lipinski definition) is 2. The van der Waals surface area contributed by atoms with E-state index >= 15 is 0 Å². The lowest BCUT2D eigenvalue weighted by atomic mass is 9.82. The maximum atomic E-state index is 6.50. The van der Waals surface area contributed by atoms with E-state index < -0.39 is 0 Å². The highest BCUT2D eigenvalue weighted by atomic mass is 14.7. The summed E-state index contributed by atoms with van der Waals surface area (Å²) >= 11 is 0. The molecule has 0 unspecified atom stereocenters. The summed E-state index contributed by atoms with van der Waals surface area (Å²) < 4.78 is 0. The van der Waals surface area contributed by atoms with Crippen molar-refractivity contribution >= 4 is 32.9 Å². The van der Waals surface area contributed by atoms with Crippen molar-refractivity contribution in [3.8, 4) is 55.6 Å². The molecule has 0 bridgehead atoms. The monoisotopic (exact) mass is 639 g/mol. The van der Waals surface area contributed by atoms with Crippen LogP contribution in [-0.2, 0) is 0 Å². The van der Waals surface area contributed by atoms with Gasteiger partial charge in [0.25, 0.3) is 0 Å². The molecule has 0 fully saturated rings.